The molecule has 0 atom stereocenters. The predicted octanol–water partition coefficient (Wildman–Crippen LogP) is 4.02. The smallest absolute Gasteiger partial charge is 0.328 e. The van der Waals surface area contributed by atoms with Crippen molar-refractivity contribution in [3.8, 4) is 0 Å². The summed E-state index contributed by atoms with van der Waals surface area (Å²) in [6, 6.07) is 7.43. The van der Waals surface area contributed by atoms with Gasteiger partial charge in [-0.2, -0.15) is 0 Å². The van der Waals surface area contributed by atoms with Crippen LogP contribution in [0, 0.1) is 0 Å². The predicted molar refractivity (Wildman–Crippen MR) is 80.0 cm³/mol. The van der Waals surface area contributed by atoms with Gasteiger partial charge in [-0.3, -0.25) is 4.79 Å². The Morgan fingerprint density at radius 1 is 1.05 bits per heavy atom. The molecule has 0 radical (unpaired) electrons. The van der Waals surface area contributed by atoms with E-state index in [9.17, 15) is 9.59 Å². The maximum Gasteiger partial charge on any atom is 0.328 e. The molecule has 1 N–H and O–H groups in total. The zero-order valence-corrected chi connectivity index (χ0v) is 12.0. The molecule has 3 nitrogen and oxygen atoms in total. The summed E-state index contributed by atoms with van der Waals surface area (Å²) < 4.78 is 0. The number of allylic oxidation sites excluding steroid dienone is 1. The quantitative estimate of drug-likeness (QED) is 0.420. The van der Waals surface area contributed by atoms with Gasteiger partial charge in [0.25, 0.3) is 0 Å². The van der Waals surface area contributed by atoms with Gasteiger partial charge in [0.1, 0.15) is 0 Å². The number of hydrogen-bond donors (Lipinski definition) is 1. The van der Waals surface area contributed by atoms with E-state index in [4.69, 9.17) is 5.11 Å². The lowest BCUT2D eigenvalue weighted by Gasteiger charge is -2.06. The molecule has 0 aromatic heterocycles. The van der Waals surface area contributed by atoms with Gasteiger partial charge in [0, 0.05) is 11.6 Å². The van der Waals surface area contributed by atoms with Crippen molar-refractivity contribution in [2.75, 3.05) is 0 Å². The van der Waals surface area contributed by atoms with E-state index < -0.39 is 5.97 Å². The average Bonchev–Trinajstić information content (AvgIpc) is 2.45. The summed E-state index contributed by atoms with van der Waals surface area (Å²) in [6.07, 6.45) is 8.81. The molecule has 3 heteroatoms. The van der Waals surface area contributed by atoms with E-state index in [1.54, 1.807) is 6.07 Å². The highest BCUT2D eigenvalue weighted by molar-refractivity contribution is 6.07. The van der Waals surface area contributed by atoms with Crippen molar-refractivity contribution >= 4 is 11.8 Å². The minimum atomic E-state index is -1.10. The molecule has 0 amide bonds. The van der Waals surface area contributed by atoms with Gasteiger partial charge < -0.3 is 5.11 Å². The van der Waals surface area contributed by atoms with Crippen molar-refractivity contribution in [2.45, 2.75) is 45.4 Å². The Bertz CT molecular complexity index is 475. The van der Waals surface area contributed by atoms with Crippen molar-refractivity contribution in [3.05, 3.63) is 47.5 Å². The summed E-state index contributed by atoms with van der Waals surface area (Å²) in [4.78, 5) is 22.4. The molecule has 1 rings (SSSR count). The van der Waals surface area contributed by atoms with Gasteiger partial charge in [-0.1, -0.05) is 56.9 Å². The Kier molecular flexibility index (Phi) is 7.33. The molecule has 0 bridgehead atoms. The second-order valence-electron chi connectivity index (χ2n) is 4.86. The molecule has 0 aliphatic heterocycles. The van der Waals surface area contributed by atoms with Crippen LogP contribution in [0.5, 0.6) is 0 Å². The van der Waals surface area contributed by atoms with Crippen molar-refractivity contribution in [1.82, 2.24) is 0 Å². The number of carboxylic acids is 1. The van der Waals surface area contributed by atoms with E-state index in [2.05, 4.69) is 6.92 Å². The van der Waals surface area contributed by atoms with Crippen LogP contribution in [0.15, 0.2) is 36.4 Å². The average molecular weight is 274 g/mol. The van der Waals surface area contributed by atoms with Gasteiger partial charge in [-0.25, -0.2) is 4.79 Å². The Balaban J connectivity index is 2.63. The van der Waals surface area contributed by atoms with Crippen LogP contribution in [0.3, 0.4) is 0 Å². The maximum absolute atomic E-state index is 12.0. The first-order chi connectivity index (χ1) is 9.65. The van der Waals surface area contributed by atoms with Crippen LogP contribution in [0.4, 0.5) is 0 Å². The van der Waals surface area contributed by atoms with Crippen LogP contribution in [0.2, 0.25) is 0 Å². The fourth-order valence-corrected chi connectivity index (χ4v) is 2.13. The molecule has 1 aromatic rings. The number of benzene rings is 1. The molecular formula is C17H22O3. The van der Waals surface area contributed by atoms with Gasteiger partial charge in [-0.15, -0.1) is 0 Å². The summed E-state index contributed by atoms with van der Waals surface area (Å²) in [5.41, 5.74) is 1.62. The summed E-state index contributed by atoms with van der Waals surface area (Å²) in [5, 5.41) is 8.56. The molecule has 108 valence electrons. The topological polar surface area (TPSA) is 54.4 Å². The number of carbonyl (C=O) groups is 2. The summed E-state index contributed by atoms with van der Waals surface area (Å²) in [7, 11) is 0. The SMILES string of the molecule is CCCCCCCc1ccccc1C(=O)C=CC(=O)O. The number of carbonyl (C=O) groups excluding carboxylic acids is 1. The highest BCUT2D eigenvalue weighted by Gasteiger charge is 2.08. The number of hydrogen-bond acceptors (Lipinski definition) is 2. The van der Waals surface area contributed by atoms with Crippen molar-refractivity contribution in [2.24, 2.45) is 0 Å². The second-order valence-corrected chi connectivity index (χ2v) is 4.86. The molecule has 0 spiro atoms. The minimum absolute atomic E-state index is 0.239. The highest BCUT2D eigenvalue weighted by Crippen LogP contribution is 2.15. The van der Waals surface area contributed by atoms with E-state index in [-0.39, 0.29) is 5.78 Å². The van der Waals surface area contributed by atoms with E-state index in [0.717, 1.165) is 30.6 Å². The van der Waals surface area contributed by atoms with Gasteiger partial charge in [0.15, 0.2) is 5.78 Å². The number of aryl methyl sites for hydroxylation is 1. The lowest BCUT2D eigenvalue weighted by atomic mass is 9.98. The van der Waals surface area contributed by atoms with E-state index in [0.29, 0.717) is 5.56 Å². The Labute approximate surface area is 120 Å². The molecule has 0 unspecified atom stereocenters. The third-order valence-corrected chi connectivity index (χ3v) is 3.21. The first-order valence-corrected chi connectivity index (χ1v) is 7.18. The Hall–Kier alpha value is -1.90. The zero-order valence-electron chi connectivity index (χ0n) is 12.0. The van der Waals surface area contributed by atoms with Crippen molar-refractivity contribution < 1.29 is 14.7 Å². The van der Waals surface area contributed by atoms with Crippen molar-refractivity contribution in [3.63, 3.8) is 0 Å². The third-order valence-electron chi connectivity index (χ3n) is 3.21. The van der Waals surface area contributed by atoms with Crippen LogP contribution in [-0.2, 0) is 11.2 Å². The molecular weight excluding hydrogens is 252 g/mol. The second kappa shape index (κ2) is 9.08. The molecule has 0 heterocycles. The third kappa shape index (κ3) is 5.83. The zero-order chi connectivity index (χ0) is 14.8. The normalized spacial score (nSPS) is 10.8. The maximum atomic E-state index is 12.0. The number of ketones is 1. The molecule has 0 aliphatic carbocycles. The lowest BCUT2D eigenvalue weighted by molar-refractivity contribution is -0.131. The standard InChI is InChI=1S/C17H22O3/c1-2-3-4-5-6-9-14-10-7-8-11-15(14)16(18)12-13-17(19)20/h7-8,10-13H,2-6,9H2,1H3,(H,19,20). The van der Waals surface area contributed by atoms with Gasteiger partial charge in [0.05, 0.1) is 0 Å². The number of carboxylic acid groups (broad SMARTS) is 1. The largest absolute Gasteiger partial charge is 0.478 e. The first kappa shape index (κ1) is 16.2. The molecule has 0 saturated carbocycles. The van der Waals surface area contributed by atoms with Crippen LogP contribution < -0.4 is 0 Å². The highest BCUT2D eigenvalue weighted by atomic mass is 16.4. The first-order valence-electron chi connectivity index (χ1n) is 7.18. The molecule has 0 aliphatic rings. The molecule has 20 heavy (non-hydrogen) atoms. The number of rotatable bonds is 9. The molecule has 0 saturated heterocycles. The van der Waals surface area contributed by atoms with Gasteiger partial charge in [0.2, 0.25) is 0 Å². The Morgan fingerprint density at radius 3 is 2.45 bits per heavy atom. The summed E-state index contributed by atoms with van der Waals surface area (Å²) >= 11 is 0. The van der Waals surface area contributed by atoms with Crippen LogP contribution in [0.25, 0.3) is 0 Å². The van der Waals surface area contributed by atoms with Crippen LogP contribution in [0.1, 0.15) is 54.9 Å². The van der Waals surface area contributed by atoms with Gasteiger partial charge in [-0.05, 0) is 24.5 Å². The lowest BCUT2D eigenvalue weighted by Crippen LogP contribution is -2.02. The van der Waals surface area contributed by atoms with E-state index >= 15 is 0 Å². The monoisotopic (exact) mass is 274 g/mol. The van der Waals surface area contributed by atoms with Crippen LogP contribution >= 0.6 is 0 Å². The van der Waals surface area contributed by atoms with Crippen LogP contribution in [-0.4, -0.2) is 16.9 Å². The summed E-state index contributed by atoms with van der Waals surface area (Å²) in [5.74, 6) is -1.34. The van der Waals surface area contributed by atoms with E-state index in [1.807, 2.05) is 18.2 Å². The van der Waals surface area contributed by atoms with E-state index in [1.165, 1.54) is 25.7 Å². The minimum Gasteiger partial charge on any atom is -0.478 e. The number of unbranched alkanes of at least 4 members (excludes halogenated alkanes) is 4. The van der Waals surface area contributed by atoms with Crippen molar-refractivity contribution in [1.29, 1.82) is 0 Å². The summed E-state index contributed by atoms with van der Waals surface area (Å²) in [6.45, 7) is 2.18. The fourth-order valence-electron chi connectivity index (χ4n) is 2.13. The molecule has 0 fully saturated rings. The Morgan fingerprint density at radius 2 is 1.75 bits per heavy atom. The van der Waals surface area contributed by atoms with Gasteiger partial charge >= 0.3 is 5.97 Å². The number of aliphatic carboxylic acids is 1. The fraction of sp³-hybridized carbons (Fsp3) is 0.412. The molecule has 1 aromatic carbocycles.